The molecule has 0 saturated carbocycles. The van der Waals surface area contributed by atoms with E-state index in [1.165, 1.54) is 0 Å². The van der Waals surface area contributed by atoms with Gasteiger partial charge in [0, 0.05) is 11.8 Å². The van der Waals surface area contributed by atoms with Gasteiger partial charge in [-0.2, -0.15) is 0 Å². The molecule has 0 aliphatic heterocycles. The standard InChI is InChI=1S/C11H12N4/c1-8-13-7-10(11(14-8)15-12)9-5-3-2-4-6-9/h2-7H,12H2,1H3,(H,13,14,15). The zero-order valence-electron chi connectivity index (χ0n) is 8.44. The number of nitrogens with zero attached hydrogens (tertiary/aromatic N) is 2. The second-order valence-electron chi connectivity index (χ2n) is 3.19. The Morgan fingerprint density at radius 1 is 1.20 bits per heavy atom. The van der Waals surface area contributed by atoms with Crippen molar-refractivity contribution in [2.24, 2.45) is 5.84 Å². The summed E-state index contributed by atoms with van der Waals surface area (Å²) in [6, 6.07) is 9.89. The number of aryl methyl sites for hydroxylation is 1. The first-order valence-electron chi connectivity index (χ1n) is 4.67. The maximum absolute atomic E-state index is 5.42. The van der Waals surface area contributed by atoms with Crippen molar-refractivity contribution in [2.75, 3.05) is 5.43 Å². The van der Waals surface area contributed by atoms with Crippen LogP contribution in [-0.4, -0.2) is 9.97 Å². The monoisotopic (exact) mass is 200 g/mol. The van der Waals surface area contributed by atoms with Crippen LogP contribution in [0.5, 0.6) is 0 Å². The van der Waals surface area contributed by atoms with Gasteiger partial charge in [-0.05, 0) is 12.5 Å². The van der Waals surface area contributed by atoms with Gasteiger partial charge in [0.2, 0.25) is 0 Å². The Balaban J connectivity index is 2.53. The molecule has 0 atom stereocenters. The van der Waals surface area contributed by atoms with E-state index in [1.807, 2.05) is 37.3 Å². The highest BCUT2D eigenvalue weighted by molar-refractivity contribution is 5.73. The molecule has 1 heterocycles. The molecular formula is C11H12N4. The Morgan fingerprint density at radius 3 is 2.60 bits per heavy atom. The molecule has 76 valence electrons. The summed E-state index contributed by atoms with van der Waals surface area (Å²) in [6.45, 7) is 1.83. The molecule has 0 saturated heterocycles. The van der Waals surface area contributed by atoms with Crippen LogP contribution in [0.25, 0.3) is 11.1 Å². The molecule has 0 spiro atoms. The number of nitrogens with one attached hydrogen (secondary N) is 1. The number of hydrogen-bond donors (Lipinski definition) is 2. The molecule has 1 aromatic heterocycles. The molecule has 0 aliphatic carbocycles. The summed E-state index contributed by atoms with van der Waals surface area (Å²) in [7, 11) is 0. The van der Waals surface area contributed by atoms with Crippen LogP contribution in [0, 0.1) is 6.92 Å². The first-order valence-corrected chi connectivity index (χ1v) is 4.67. The summed E-state index contributed by atoms with van der Waals surface area (Å²) in [5, 5.41) is 0. The number of aromatic nitrogens is 2. The van der Waals surface area contributed by atoms with E-state index in [1.54, 1.807) is 6.20 Å². The Hall–Kier alpha value is -1.94. The van der Waals surface area contributed by atoms with Gasteiger partial charge < -0.3 is 5.43 Å². The number of nitrogen functional groups attached to an aromatic ring is 1. The van der Waals surface area contributed by atoms with Crippen LogP contribution in [0.2, 0.25) is 0 Å². The first kappa shape index (κ1) is 9.61. The third kappa shape index (κ3) is 1.94. The van der Waals surface area contributed by atoms with Crippen LogP contribution >= 0.6 is 0 Å². The second-order valence-corrected chi connectivity index (χ2v) is 3.19. The summed E-state index contributed by atoms with van der Waals surface area (Å²) < 4.78 is 0. The minimum Gasteiger partial charge on any atom is -0.308 e. The number of benzene rings is 1. The summed E-state index contributed by atoms with van der Waals surface area (Å²) >= 11 is 0. The largest absolute Gasteiger partial charge is 0.308 e. The predicted molar refractivity (Wildman–Crippen MR) is 60.0 cm³/mol. The zero-order valence-corrected chi connectivity index (χ0v) is 8.44. The Kier molecular flexibility index (Phi) is 2.60. The lowest BCUT2D eigenvalue weighted by Gasteiger charge is -2.07. The van der Waals surface area contributed by atoms with Gasteiger partial charge >= 0.3 is 0 Å². The van der Waals surface area contributed by atoms with E-state index in [2.05, 4.69) is 15.4 Å². The molecule has 4 nitrogen and oxygen atoms in total. The van der Waals surface area contributed by atoms with Crippen LogP contribution in [0.15, 0.2) is 36.5 Å². The van der Waals surface area contributed by atoms with Crippen LogP contribution in [0.4, 0.5) is 5.82 Å². The van der Waals surface area contributed by atoms with Gasteiger partial charge in [-0.25, -0.2) is 15.8 Å². The molecule has 0 bridgehead atoms. The molecular weight excluding hydrogens is 188 g/mol. The lowest BCUT2D eigenvalue weighted by molar-refractivity contribution is 1.05. The average molecular weight is 200 g/mol. The highest BCUT2D eigenvalue weighted by Crippen LogP contribution is 2.24. The van der Waals surface area contributed by atoms with Crippen molar-refractivity contribution in [3.8, 4) is 11.1 Å². The van der Waals surface area contributed by atoms with Crippen molar-refractivity contribution in [1.82, 2.24) is 9.97 Å². The molecule has 15 heavy (non-hydrogen) atoms. The SMILES string of the molecule is Cc1ncc(-c2ccccc2)c(NN)n1. The molecule has 2 rings (SSSR count). The molecule has 0 aliphatic rings. The molecule has 2 aromatic rings. The first-order chi connectivity index (χ1) is 7.31. The van der Waals surface area contributed by atoms with Gasteiger partial charge in [0.15, 0.2) is 5.82 Å². The fourth-order valence-electron chi connectivity index (χ4n) is 1.41. The van der Waals surface area contributed by atoms with Crippen molar-refractivity contribution in [1.29, 1.82) is 0 Å². The van der Waals surface area contributed by atoms with Crippen molar-refractivity contribution in [3.63, 3.8) is 0 Å². The zero-order chi connectivity index (χ0) is 10.7. The van der Waals surface area contributed by atoms with Gasteiger partial charge in [0.05, 0.1) is 0 Å². The Morgan fingerprint density at radius 2 is 1.93 bits per heavy atom. The topological polar surface area (TPSA) is 63.8 Å². The number of nitrogens with two attached hydrogens (primary N) is 1. The second kappa shape index (κ2) is 4.06. The third-order valence-electron chi connectivity index (χ3n) is 2.13. The molecule has 1 aromatic carbocycles. The molecule has 0 radical (unpaired) electrons. The van der Waals surface area contributed by atoms with E-state index in [9.17, 15) is 0 Å². The van der Waals surface area contributed by atoms with Gasteiger partial charge in [0.1, 0.15) is 5.82 Å². The van der Waals surface area contributed by atoms with Gasteiger partial charge in [0.25, 0.3) is 0 Å². The summed E-state index contributed by atoms with van der Waals surface area (Å²) in [4.78, 5) is 8.38. The molecule has 3 N–H and O–H groups in total. The minimum atomic E-state index is 0.647. The maximum Gasteiger partial charge on any atom is 0.151 e. The summed E-state index contributed by atoms with van der Waals surface area (Å²) in [6.07, 6.45) is 1.77. The molecule has 0 fully saturated rings. The number of anilines is 1. The van der Waals surface area contributed by atoms with E-state index in [-0.39, 0.29) is 0 Å². The third-order valence-corrected chi connectivity index (χ3v) is 2.13. The van der Waals surface area contributed by atoms with Gasteiger partial charge in [-0.15, -0.1) is 0 Å². The molecule has 0 amide bonds. The number of hydrogen-bond acceptors (Lipinski definition) is 4. The Labute approximate surface area is 88.2 Å². The van der Waals surface area contributed by atoms with Crippen LogP contribution < -0.4 is 11.3 Å². The molecule has 4 heteroatoms. The van der Waals surface area contributed by atoms with Crippen molar-refractivity contribution >= 4 is 5.82 Å². The van der Waals surface area contributed by atoms with Gasteiger partial charge in [-0.1, -0.05) is 30.3 Å². The van der Waals surface area contributed by atoms with Crippen LogP contribution in [0.1, 0.15) is 5.82 Å². The smallest absolute Gasteiger partial charge is 0.151 e. The quantitative estimate of drug-likeness (QED) is 0.572. The normalized spacial score (nSPS) is 10.0. The van der Waals surface area contributed by atoms with Crippen LogP contribution in [0.3, 0.4) is 0 Å². The highest BCUT2D eigenvalue weighted by atomic mass is 15.3. The van der Waals surface area contributed by atoms with Crippen molar-refractivity contribution < 1.29 is 0 Å². The van der Waals surface area contributed by atoms with E-state index >= 15 is 0 Å². The van der Waals surface area contributed by atoms with E-state index in [0.29, 0.717) is 11.6 Å². The predicted octanol–water partition coefficient (Wildman–Crippen LogP) is 1.74. The fourth-order valence-corrected chi connectivity index (χ4v) is 1.41. The number of hydrazine groups is 1. The van der Waals surface area contributed by atoms with Crippen molar-refractivity contribution in [3.05, 3.63) is 42.4 Å². The van der Waals surface area contributed by atoms with Gasteiger partial charge in [-0.3, -0.25) is 0 Å². The lowest BCUT2D eigenvalue weighted by Crippen LogP contribution is -2.11. The molecule has 0 unspecified atom stereocenters. The van der Waals surface area contributed by atoms with E-state index in [0.717, 1.165) is 11.1 Å². The number of rotatable bonds is 2. The maximum atomic E-state index is 5.42. The fraction of sp³-hybridized carbons (Fsp3) is 0.0909. The van der Waals surface area contributed by atoms with Crippen molar-refractivity contribution in [2.45, 2.75) is 6.92 Å². The highest BCUT2D eigenvalue weighted by Gasteiger charge is 2.05. The Bertz CT molecular complexity index is 453. The summed E-state index contributed by atoms with van der Waals surface area (Å²) in [5.74, 6) is 6.76. The minimum absolute atomic E-state index is 0.647. The van der Waals surface area contributed by atoms with E-state index < -0.39 is 0 Å². The van der Waals surface area contributed by atoms with E-state index in [4.69, 9.17) is 5.84 Å². The lowest BCUT2D eigenvalue weighted by atomic mass is 10.1. The summed E-state index contributed by atoms with van der Waals surface area (Å²) in [5.41, 5.74) is 4.54. The van der Waals surface area contributed by atoms with Crippen LogP contribution in [-0.2, 0) is 0 Å². The average Bonchev–Trinajstić information content (AvgIpc) is 2.30.